The average molecular weight is 287 g/mol. The van der Waals surface area contributed by atoms with Crippen molar-refractivity contribution in [2.24, 2.45) is 5.41 Å². The van der Waals surface area contributed by atoms with Gasteiger partial charge < -0.3 is 30.6 Å². The van der Waals surface area contributed by atoms with Gasteiger partial charge in [0.2, 0.25) is 0 Å². The zero-order valence-corrected chi connectivity index (χ0v) is 12.4. The van der Waals surface area contributed by atoms with E-state index in [1.54, 1.807) is 6.08 Å². The Kier molecular flexibility index (Phi) is 12.6. The summed E-state index contributed by atoms with van der Waals surface area (Å²) in [6, 6.07) is 0. The van der Waals surface area contributed by atoms with E-state index < -0.39 is 10.2 Å². The molecule has 10 heteroatoms. The van der Waals surface area contributed by atoms with Crippen LogP contribution in [0.4, 0.5) is 0 Å². The number of hydrogen-bond acceptors (Lipinski definition) is 7. The summed E-state index contributed by atoms with van der Waals surface area (Å²) in [5.41, 5.74) is 1.43. The molecule has 9 nitrogen and oxygen atoms in total. The Labute approximate surface area is 125 Å². The summed E-state index contributed by atoms with van der Waals surface area (Å²) in [5.74, 6) is 0.286. The second-order valence-corrected chi connectivity index (χ2v) is 4.42. The van der Waals surface area contributed by atoms with Crippen molar-refractivity contribution < 1.29 is 15.0 Å². The Hall–Kier alpha value is -1.42. The third-order valence-corrected chi connectivity index (χ3v) is 1.82. The molecule has 0 atom stereocenters. The van der Waals surface area contributed by atoms with Crippen molar-refractivity contribution in [3.63, 3.8) is 0 Å². The molecule has 1 aliphatic carbocycles. The van der Waals surface area contributed by atoms with Gasteiger partial charge in [-0.05, 0) is 24.8 Å². The number of hydrogen-bond donors (Lipinski definition) is 0. The fourth-order valence-electron chi connectivity index (χ4n) is 1.67. The molecule has 1 rings (SSSR count). The van der Waals surface area contributed by atoms with Gasteiger partial charge in [0.25, 0.3) is 0 Å². The number of ketones is 1. The van der Waals surface area contributed by atoms with Crippen molar-refractivity contribution in [1.82, 2.24) is 0 Å². The Bertz CT molecular complexity index is 334. The fourth-order valence-corrected chi connectivity index (χ4v) is 1.67. The predicted octanol–water partition coefficient (Wildman–Crippen LogP) is 1.46. The zero-order chi connectivity index (χ0) is 14.9. The van der Waals surface area contributed by atoms with Crippen LogP contribution >= 0.6 is 0 Å². The number of carbonyl (C=O) groups excluding carboxylic acids is 1. The molecule has 0 aromatic rings. The molecule has 0 N–H and O–H groups in total. The van der Waals surface area contributed by atoms with Crippen LogP contribution in [0.15, 0.2) is 11.6 Å². The summed E-state index contributed by atoms with van der Waals surface area (Å²) in [7, 11) is 0. The molecular weight excluding hydrogens is 272 g/mol. The van der Waals surface area contributed by atoms with Crippen LogP contribution in [0.5, 0.6) is 0 Å². The van der Waals surface area contributed by atoms with Crippen molar-refractivity contribution in [1.29, 1.82) is 0 Å². The molecule has 0 amide bonds. The van der Waals surface area contributed by atoms with Crippen molar-refractivity contribution >= 4 is 28.8 Å². The van der Waals surface area contributed by atoms with E-state index in [4.69, 9.17) is 30.6 Å². The maximum absolute atomic E-state index is 11.0. The van der Waals surface area contributed by atoms with Crippen LogP contribution in [0.3, 0.4) is 0 Å². The van der Waals surface area contributed by atoms with E-state index >= 15 is 0 Å². The third kappa shape index (κ3) is 22.3. The molecule has 0 aromatic heterocycles. The summed E-state index contributed by atoms with van der Waals surface area (Å²) < 4.78 is 0. The second kappa shape index (κ2) is 10.5. The van der Waals surface area contributed by atoms with Gasteiger partial charge in [-0.2, -0.15) is 0 Å². The summed E-state index contributed by atoms with van der Waals surface area (Å²) in [5, 5.41) is 29.5. The van der Waals surface area contributed by atoms with Crippen molar-refractivity contribution in [2.75, 3.05) is 0 Å². The van der Waals surface area contributed by atoms with Crippen molar-refractivity contribution in [2.45, 2.75) is 33.6 Å². The summed E-state index contributed by atoms with van der Waals surface area (Å²) >= 11 is 0. The van der Waals surface area contributed by atoms with Gasteiger partial charge in [-0.25, -0.2) is 0 Å². The normalized spacial score (nSPS) is 15.3. The van der Waals surface area contributed by atoms with Crippen LogP contribution in [-0.2, 0) is 4.79 Å². The third-order valence-electron chi connectivity index (χ3n) is 1.82. The predicted molar refractivity (Wildman–Crippen MR) is 68.3 cm³/mol. The van der Waals surface area contributed by atoms with Gasteiger partial charge in [0.05, 0.1) is 10.2 Å². The van der Waals surface area contributed by atoms with E-state index in [0.29, 0.717) is 6.42 Å². The molecule has 0 saturated carbocycles. The summed E-state index contributed by atoms with van der Waals surface area (Å²) in [6.07, 6.45) is 3.55. The van der Waals surface area contributed by atoms with Gasteiger partial charge in [0.1, 0.15) is 0 Å². The molecule has 0 radical (unpaired) electrons. The molecule has 1 aliphatic rings. The van der Waals surface area contributed by atoms with Gasteiger partial charge in [-0.15, -0.1) is 0 Å². The SMILES string of the molecule is CC1=CC(=O)CC(C)(C)C1.O=[N+]([O-])[O-].O=[N+]([O-])[O-].[Mg+2]. The first kappa shape index (κ1) is 22.7. The number of carbonyl (C=O) groups is 1. The Morgan fingerprint density at radius 3 is 1.58 bits per heavy atom. The number of allylic oxidation sites excluding steroid dienone is 2. The smallest absolute Gasteiger partial charge is 0.356 e. The minimum absolute atomic E-state index is 0. The fraction of sp³-hybridized carbons (Fsp3) is 0.667. The van der Waals surface area contributed by atoms with Crippen LogP contribution < -0.4 is 0 Å². The minimum Gasteiger partial charge on any atom is -0.356 e. The second-order valence-electron chi connectivity index (χ2n) is 4.42. The Balaban J connectivity index is -0.000000242. The average Bonchev–Trinajstić information content (AvgIpc) is 1.94. The van der Waals surface area contributed by atoms with Gasteiger partial charge >= 0.3 is 23.1 Å². The van der Waals surface area contributed by atoms with Crippen molar-refractivity contribution in [3.8, 4) is 0 Å². The molecule has 0 aliphatic heterocycles. The maximum Gasteiger partial charge on any atom is 2.00 e. The largest absolute Gasteiger partial charge is 2.00 e. The first-order valence-electron chi connectivity index (χ1n) is 4.79. The topological polar surface area (TPSA) is 149 Å². The van der Waals surface area contributed by atoms with E-state index in [1.807, 2.05) is 6.92 Å². The van der Waals surface area contributed by atoms with Gasteiger partial charge in [0, 0.05) is 6.42 Å². The van der Waals surface area contributed by atoms with Crippen LogP contribution in [-0.4, -0.2) is 39.0 Å². The first-order chi connectivity index (χ1) is 7.96. The van der Waals surface area contributed by atoms with E-state index in [1.165, 1.54) is 5.57 Å². The molecule has 0 heterocycles. The Morgan fingerprint density at radius 2 is 1.37 bits per heavy atom. The maximum atomic E-state index is 11.0. The molecule has 0 bridgehead atoms. The van der Waals surface area contributed by atoms with Gasteiger partial charge in [0.15, 0.2) is 5.78 Å². The Morgan fingerprint density at radius 1 is 1.05 bits per heavy atom. The minimum atomic E-state index is -1.75. The van der Waals surface area contributed by atoms with Crippen LogP contribution in [0, 0.1) is 36.1 Å². The van der Waals surface area contributed by atoms with Gasteiger partial charge in [-0.3, -0.25) is 4.79 Å². The van der Waals surface area contributed by atoms with Crippen LogP contribution in [0.25, 0.3) is 0 Å². The number of rotatable bonds is 0. The molecule has 0 saturated heterocycles. The van der Waals surface area contributed by atoms with Crippen LogP contribution in [0.1, 0.15) is 33.6 Å². The molecule has 19 heavy (non-hydrogen) atoms. The molecule has 0 spiro atoms. The monoisotopic (exact) mass is 286 g/mol. The molecule has 0 aromatic carbocycles. The van der Waals surface area contributed by atoms with E-state index in [9.17, 15) is 4.79 Å². The molecular formula is C9H14MgN2O7. The first-order valence-corrected chi connectivity index (χ1v) is 4.79. The van der Waals surface area contributed by atoms with E-state index in [-0.39, 0.29) is 34.3 Å². The van der Waals surface area contributed by atoms with E-state index in [0.717, 1.165) is 6.42 Å². The quantitative estimate of drug-likeness (QED) is 0.371. The molecule has 104 valence electrons. The zero-order valence-electron chi connectivity index (χ0n) is 11.0. The molecule has 0 unspecified atom stereocenters. The van der Waals surface area contributed by atoms with Crippen LogP contribution in [0.2, 0.25) is 0 Å². The summed E-state index contributed by atoms with van der Waals surface area (Å²) in [6.45, 7) is 6.31. The number of nitrogens with zero attached hydrogens (tertiary/aromatic N) is 2. The molecule has 0 fully saturated rings. The van der Waals surface area contributed by atoms with E-state index in [2.05, 4.69) is 13.8 Å². The summed E-state index contributed by atoms with van der Waals surface area (Å²) in [4.78, 5) is 27.5. The van der Waals surface area contributed by atoms with Gasteiger partial charge in [-0.1, -0.05) is 19.4 Å². The standard InChI is InChI=1S/C9H14O.Mg.2NO3/c1-7-4-8(10)6-9(2,3)5-7;;2*2-1(3)4/h4H,5-6H2,1-3H3;;;/q;+2;2*-1. The van der Waals surface area contributed by atoms with Crippen molar-refractivity contribution in [3.05, 3.63) is 42.3 Å².